The molecule has 6 heteroatoms. The molecule has 0 bridgehead atoms. The summed E-state index contributed by atoms with van der Waals surface area (Å²) >= 11 is 0. The van der Waals surface area contributed by atoms with Crippen molar-refractivity contribution in [3.05, 3.63) is 29.1 Å². The number of amides is 1. The van der Waals surface area contributed by atoms with Gasteiger partial charge in [-0.1, -0.05) is 6.92 Å². The van der Waals surface area contributed by atoms with Gasteiger partial charge in [-0.15, -0.1) is 0 Å². The first-order valence-electron chi connectivity index (χ1n) is 6.03. The number of hydrogen-bond donors (Lipinski definition) is 1. The highest BCUT2D eigenvalue weighted by Crippen LogP contribution is 2.28. The van der Waals surface area contributed by atoms with Crippen LogP contribution in [0.4, 0.5) is 13.2 Å². The number of rotatable bonds is 4. The van der Waals surface area contributed by atoms with Crippen molar-refractivity contribution < 1.29 is 18.0 Å². The van der Waals surface area contributed by atoms with E-state index in [2.05, 4.69) is 10.3 Å². The molecule has 0 saturated carbocycles. The summed E-state index contributed by atoms with van der Waals surface area (Å²) in [5.41, 5.74) is 1.77. The lowest BCUT2D eigenvalue weighted by molar-refractivity contribution is -0.173. The highest BCUT2D eigenvalue weighted by Gasteiger charge is 2.38. The summed E-state index contributed by atoms with van der Waals surface area (Å²) in [6.07, 6.45) is -2.97. The zero-order valence-electron chi connectivity index (χ0n) is 11.1. The summed E-state index contributed by atoms with van der Waals surface area (Å²) in [4.78, 5) is 15.8. The molecule has 0 spiro atoms. The van der Waals surface area contributed by atoms with Crippen LogP contribution in [0.25, 0.3) is 0 Å². The van der Waals surface area contributed by atoms with E-state index in [4.69, 9.17) is 0 Å². The van der Waals surface area contributed by atoms with Crippen molar-refractivity contribution in [2.24, 2.45) is 5.92 Å². The zero-order valence-corrected chi connectivity index (χ0v) is 11.1. The van der Waals surface area contributed by atoms with Gasteiger partial charge in [0.05, 0.1) is 11.5 Å². The third-order valence-corrected chi connectivity index (χ3v) is 2.96. The third kappa shape index (κ3) is 4.22. The number of carbonyl (C=O) groups is 1. The Kier molecular flexibility index (Phi) is 4.91. The molecular weight excluding hydrogens is 257 g/mol. The molecule has 0 saturated heterocycles. The Bertz CT molecular complexity index is 458. The monoisotopic (exact) mass is 274 g/mol. The molecule has 1 unspecified atom stereocenters. The van der Waals surface area contributed by atoms with E-state index in [-0.39, 0.29) is 6.42 Å². The summed E-state index contributed by atoms with van der Waals surface area (Å²) < 4.78 is 37.6. The quantitative estimate of drug-likeness (QED) is 0.917. The van der Waals surface area contributed by atoms with Gasteiger partial charge in [-0.25, -0.2) is 0 Å². The SMILES string of the molecule is CCC(CNC(=O)c1cnc(C)cc1C)C(F)(F)F. The first-order chi connectivity index (χ1) is 8.75. The molecule has 1 aromatic heterocycles. The number of nitrogens with zero attached hydrogens (tertiary/aromatic N) is 1. The number of pyridine rings is 1. The smallest absolute Gasteiger partial charge is 0.351 e. The lowest BCUT2D eigenvalue weighted by Crippen LogP contribution is -2.36. The fourth-order valence-corrected chi connectivity index (χ4v) is 1.74. The average Bonchev–Trinajstić information content (AvgIpc) is 2.27. The largest absolute Gasteiger partial charge is 0.393 e. The van der Waals surface area contributed by atoms with E-state index in [0.29, 0.717) is 11.1 Å². The molecule has 0 aliphatic heterocycles. The van der Waals surface area contributed by atoms with Crippen LogP contribution in [-0.4, -0.2) is 23.6 Å². The van der Waals surface area contributed by atoms with Gasteiger partial charge in [-0.2, -0.15) is 13.2 Å². The Morgan fingerprint density at radius 2 is 2.05 bits per heavy atom. The van der Waals surface area contributed by atoms with Gasteiger partial charge in [0, 0.05) is 18.4 Å². The maximum atomic E-state index is 12.5. The predicted molar refractivity (Wildman–Crippen MR) is 65.9 cm³/mol. The van der Waals surface area contributed by atoms with Crippen LogP contribution >= 0.6 is 0 Å². The molecule has 3 nitrogen and oxygen atoms in total. The van der Waals surface area contributed by atoms with Crippen molar-refractivity contribution in [3.63, 3.8) is 0 Å². The van der Waals surface area contributed by atoms with E-state index in [0.717, 1.165) is 5.69 Å². The van der Waals surface area contributed by atoms with Crippen LogP contribution in [-0.2, 0) is 0 Å². The van der Waals surface area contributed by atoms with E-state index in [1.807, 2.05) is 0 Å². The zero-order chi connectivity index (χ0) is 14.6. The van der Waals surface area contributed by atoms with Gasteiger partial charge in [0.25, 0.3) is 5.91 Å². The minimum atomic E-state index is -4.29. The third-order valence-electron chi connectivity index (χ3n) is 2.96. The Morgan fingerprint density at radius 3 is 2.53 bits per heavy atom. The first kappa shape index (κ1) is 15.5. The van der Waals surface area contributed by atoms with Gasteiger partial charge in [0.2, 0.25) is 0 Å². The number of alkyl halides is 3. The van der Waals surface area contributed by atoms with Crippen LogP contribution in [0.15, 0.2) is 12.3 Å². The van der Waals surface area contributed by atoms with Gasteiger partial charge in [0.15, 0.2) is 0 Å². The lowest BCUT2D eigenvalue weighted by atomic mass is 10.1. The molecule has 106 valence electrons. The fourth-order valence-electron chi connectivity index (χ4n) is 1.74. The highest BCUT2D eigenvalue weighted by molar-refractivity contribution is 5.95. The molecular formula is C13H17F3N2O. The summed E-state index contributed by atoms with van der Waals surface area (Å²) in [5.74, 6) is -2.04. The lowest BCUT2D eigenvalue weighted by Gasteiger charge is -2.19. The number of nitrogens with one attached hydrogen (secondary N) is 1. The topological polar surface area (TPSA) is 42.0 Å². The fraction of sp³-hybridized carbons (Fsp3) is 0.538. The normalized spacial score (nSPS) is 13.2. The first-order valence-corrected chi connectivity index (χ1v) is 6.03. The second kappa shape index (κ2) is 6.04. The number of aryl methyl sites for hydroxylation is 2. The van der Waals surface area contributed by atoms with Gasteiger partial charge >= 0.3 is 6.18 Å². The summed E-state index contributed by atoms with van der Waals surface area (Å²) in [5, 5.41) is 2.32. The Balaban J connectivity index is 2.70. The number of carbonyl (C=O) groups excluding carboxylic acids is 1. The van der Waals surface area contributed by atoms with Crippen molar-refractivity contribution in [3.8, 4) is 0 Å². The molecule has 19 heavy (non-hydrogen) atoms. The minimum Gasteiger partial charge on any atom is -0.351 e. The highest BCUT2D eigenvalue weighted by atomic mass is 19.4. The molecule has 1 aromatic rings. The van der Waals surface area contributed by atoms with Crippen LogP contribution in [0.3, 0.4) is 0 Å². The molecule has 0 aliphatic rings. The molecule has 0 fully saturated rings. The van der Waals surface area contributed by atoms with E-state index < -0.39 is 24.5 Å². The second-order valence-corrected chi connectivity index (χ2v) is 4.50. The molecule has 1 atom stereocenters. The van der Waals surface area contributed by atoms with Crippen LogP contribution in [0.1, 0.15) is 35.0 Å². The van der Waals surface area contributed by atoms with Gasteiger partial charge in [0.1, 0.15) is 0 Å². The summed E-state index contributed by atoms with van der Waals surface area (Å²) in [6, 6.07) is 1.72. The molecule has 0 radical (unpaired) electrons. The van der Waals surface area contributed by atoms with Crippen LogP contribution < -0.4 is 5.32 Å². The Morgan fingerprint density at radius 1 is 1.42 bits per heavy atom. The van der Waals surface area contributed by atoms with Crippen LogP contribution in [0.5, 0.6) is 0 Å². The van der Waals surface area contributed by atoms with Gasteiger partial charge in [-0.05, 0) is 31.9 Å². The van der Waals surface area contributed by atoms with Crippen molar-refractivity contribution in [2.75, 3.05) is 6.54 Å². The predicted octanol–water partition coefficient (Wildman–Crippen LogP) is 3.02. The van der Waals surface area contributed by atoms with Crippen molar-refractivity contribution in [1.29, 1.82) is 0 Å². The second-order valence-electron chi connectivity index (χ2n) is 4.50. The van der Waals surface area contributed by atoms with E-state index in [1.54, 1.807) is 19.9 Å². The van der Waals surface area contributed by atoms with E-state index in [1.165, 1.54) is 13.1 Å². The van der Waals surface area contributed by atoms with Gasteiger partial charge < -0.3 is 5.32 Å². The Labute approximate surface area is 110 Å². The van der Waals surface area contributed by atoms with Crippen molar-refractivity contribution in [1.82, 2.24) is 10.3 Å². The molecule has 0 aromatic carbocycles. The number of aromatic nitrogens is 1. The Hall–Kier alpha value is -1.59. The maximum absolute atomic E-state index is 12.5. The molecule has 1 N–H and O–H groups in total. The van der Waals surface area contributed by atoms with E-state index >= 15 is 0 Å². The van der Waals surface area contributed by atoms with Crippen LogP contribution in [0.2, 0.25) is 0 Å². The standard InChI is InChI=1S/C13H17F3N2O/c1-4-10(13(14,15)16)6-18-12(19)11-7-17-9(3)5-8(11)2/h5,7,10H,4,6H2,1-3H3,(H,18,19). The van der Waals surface area contributed by atoms with E-state index in [9.17, 15) is 18.0 Å². The number of hydrogen-bond acceptors (Lipinski definition) is 2. The van der Waals surface area contributed by atoms with Crippen LogP contribution in [0, 0.1) is 19.8 Å². The number of halogens is 3. The van der Waals surface area contributed by atoms with Crippen molar-refractivity contribution >= 4 is 5.91 Å². The maximum Gasteiger partial charge on any atom is 0.393 e. The molecule has 1 heterocycles. The van der Waals surface area contributed by atoms with Gasteiger partial charge in [-0.3, -0.25) is 9.78 Å². The summed E-state index contributed by atoms with van der Waals surface area (Å²) in [7, 11) is 0. The molecule has 1 rings (SSSR count). The molecule has 0 aliphatic carbocycles. The average molecular weight is 274 g/mol. The molecule has 1 amide bonds. The minimum absolute atomic E-state index is 0.0606. The summed E-state index contributed by atoms with van der Waals surface area (Å²) in [6.45, 7) is 4.55. The van der Waals surface area contributed by atoms with Crippen molar-refractivity contribution in [2.45, 2.75) is 33.4 Å².